The second kappa shape index (κ2) is 10.00. The van der Waals surface area contributed by atoms with Gasteiger partial charge in [0.2, 0.25) is 0 Å². The molecule has 0 aliphatic heterocycles. The van der Waals surface area contributed by atoms with Gasteiger partial charge in [0.25, 0.3) is 5.91 Å². The number of carbonyl (C=O) groups excluding carboxylic acids is 1. The highest BCUT2D eigenvalue weighted by Gasteiger charge is 2.06. The van der Waals surface area contributed by atoms with Crippen LogP contribution < -0.4 is 15.4 Å². The maximum Gasteiger partial charge on any atom is 0.257 e. The van der Waals surface area contributed by atoms with Crippen molar-refractivity contribution in [2.24, 2.45) is 0 Å². The Balaban J connectivity index is 0.00000324. The molecule has 108 valence electrons. The molecule has 1 aromatic carbocycles. The summed E-state index contributed by atoms with van der Waals surface area (Å²) in [6.07, 6.45) is 0. The first-order valence-electron chi connectivity index (χ1n) is 5.68. The first-order valence-corrected chi connectivity index (χ1v) is 6.48. The Labute approximate surface area is 126 Å². The van der Waals surface area contributed by atoms with E-state index >= 15 is 0 Å². The summed E-state index contributed by atoms with van der Waals surface area (Å²) in [6, 6.07) is 4.42. The summed E-state index contributed by atoms with van der Waals surface area (Å²) in [5, 5.41) is 5.73. The predicted molar refractivity (Wildman–Crippen MR) is 78.4 cm³/mol. The maximum absolute atomic E-state index is 13.4. The third-order valence-electron chi connectivity index (χ3n) is 2.13. The normalized spacial score (nSPS) is 9.63. The standard InChI is InChI=1S/C12H16BrFN2O2.ClH/c1-2-15-5-6-16-12(17)8-18-11-4-3-9(13)7-10(11)14;/h3-4,7,15H,2,5-6,8H2,1H3,(H,16,17);1H. The highest BCUT2D eigenvalue weighted by molar-refractivity contribution is 9.10. The molecule has 4 nitrogen and oxygen atoms in total. The van der Waals surface area contributed by atoms with Crippen LogP contribution >= 0.6 is 28.3 Å². The first-order chi connectivity index (χ1) is 8.63. The zero-order valence-electron chi connectivity index (χ0n) is 10.5. The highest BCUT2D eigenvalue weighted by atomic mass is 79.9. The van der Waals surface area contributed by atoms with Crippen LogP contribution in [0.5, 0.6) is 5.75 Å². The Morgan fingerprint density at radius 3 is 2.79 bits per heavy atom. The number of hydrogen-bond acceptors (Lipinski definition) is 3. The summed E-state index contributed by atoms with van der Waals surface area (Å²) in [6.45, 7) is 3.89. The largest absolute Gasteiger partial charge is 0.481 e. The lowest BCUT2D eigenvalue weighted by molar-refractivity contribution is -0.123. The molecule has 0 aliphatic rings. The van der Waals surface area contributed by atoms with Crippen molar-refractivity contribution < 1.29 is 13.9 Å². The summed E-state index contributed by atoms with van der Waals surface area (Å²) in [7, 11) is 0. The highest BCUT2D eigenvalue weighted by Crippen LogP contribution is 2.21. The molecule has 1 amide bonds. The number of carbonyl (C=O) groups is 1. The third kappa shape index (κ3) is 7.34. The van der Waals surface area contributed by atoms with Gasteiger partial charge >= 0.3 is 0 Å². The fourth-order valence-electron chi connectivity index (χ4n) is 1.25. The molecule has 0 saturated heterocycles. The van der Waals surface area contributed by atoms with E-state index < -0.39 is 5.82 Å². The number of likely N-dealkylation sites (N-methyl/N-ethyl adjacent to an activating group) is 1. The van der Waals surface area contributed by atoms with E-state index in [9.17, 15) is 9.18 Å². The summed E-state index contributed by atoms with van der Waals surface area (Å²) in [5.41, 5.74) is 0. The van der Waals surface area contributed by atoms with Crippen LogP contribution in [0.25, 0.3) is 0 Å². The Morgan fingerprint density at radius 1 is 1.42 bits per heavy atom. The molecule has 0 aromatic heterocycles. The van der Waals surface area contributed by atoms with Crippen molar-refractivity contribution in [1.82, 2.24) is 10.6 Å². The van der Waals surface area contributed by atoms with E-state index in [-0.39, 0.29) is 30.7 Å². The molecule has 0 bridgehead atoms. The zero-order valence-corrected chi connectivity index (χ0v) is 12.9. The lowest BCUT2D eigenvalue weighted by Gasteiger charge is -2.08. The smallest absolute Gasteiger partial charge is 0.257 e. The minimum atomic E-state index is -0.496. The van der Waals surface area contributed by atoms with Crippen LogP contribution in [-0.4, -0.2) is 32.1 Å². The molecule has 7 heteroatoms. The first kappa shape index (κ1) is 18.1. The van der Waals surface area contributed by atoms with Crippen LogP contribution in [-0.2, 0) is 4.79 Å². The Morgan fingerprint density at radius 2 is 2.16 bits per heavy atom. The van der Waals surface area contributed by atoms with Gasteiger partial charge in [0.05, 0.1) is 0 Å². The second-order valence-electron chi connectivity index (χ2n) is 3.57. The fraction of sp³-hybridized carbons (Fsp3) is 0.417. The minimum Gasteiger partial charge on any atom is -0.481 e. The molecule has 0 fully saturated rings. The van der Waals surface area contributed by atoms with E-state index in [1.807, 2.05) is 6.92 Å². The number of rotatable bonds is 7. The summed E-state index contributed by atoms with van der Waals surface area (Å²) < 4.78 is 19.1. The van der Waals surface area contributed by atoms with Crippen LogP contribution in [0.1, 0.15) is 6.92 Å². The number of nitrogens with one attached hydrogen (secondary N) is 2. The molecule has 0 unspecified atom stereocenters. The molecule has 0 heterocycles. The monoisotopic (exact) mass is 354 g/mol. The Kier molecular flexibility index (Phi) is 9.55. The summed E-state index contributed by atoms with van der Waals surface area (Å²) in [5.74, 6) is -0.694. The average Bonchev–Trinajstić information content (AvgIpc) is 2.33. The molecular weight excluding hydrogens is 338 g/mol. The van der Waals surface area contributed by atoms with Crippen molar-refractivity contribution in [3.05, 3.63) is 28.5 Å². The molecule has 0 atom stereocenters. The van der Waals surface area contributed by atoms with Gasteiger partial charge in [0.1, 0.15) is 0 Å². The van der Waals surface area contributed by atoms with Crippen LogP contribution in [0, 0.1) is 5.82 Å². The van der Waals surface area contributed by atoms with Gasteiger partial charge < -0.3 is 15.4 Å². The van der Waals surface area contributed by atoms with Gasteiger partial charge in [-0.05, 0) is 24.7 Å². The van der Waals surface area contributed by atoms with E-state index in [1.165, 1.54) is 12.1 Å². The van der Waals surface area contributed by atoms with Crippen LogP contribution in [0.15, 0.2) is 22.7 Å². The number of benzene rings is 1. The van der Waals surface area contributed by atoms with E-state index in [0.717, 1.165) is 6.54 Å². The van der Waals surface area contributed by atoms with Gasteiger partial charge in [-0.1, -0.05) is 22.9 Å². The number of ether oxygens (including phenoxy) is 1. The quantitative estimate of drug-likeness (QED) is 0.737. The Bertz CT molecular complexity index is 407. The molecule has 0 saturated carbocycles. The lowest BCUT2D eigenvalue weighted by Crippen LogP contribution is -2.34. The van der Waals surface area contributed by atoms with Crippen molar-refractivity contribution in [3.8, 4) is 5.75 Å². The zero-order chi connectivity index (χ0) is 13.4. The van der Waals surface area contributed by atoms with Crippen molar-refractivity contribution >= 4 is 34.2 Å². The van der Waals surface area contributed by atoms with Crippen molar-refractivity contribution in [3.63, 3.8) is 0 Å². The van der Waals surface area contributed by atoms with Gasteiger partial charge in [-0.2, -0.15) is 0 Å². The lowest BCUT2D eigenvalue weighted by atomic mass is 10.3. The second-order valence-corrected chi connectivity index (χ2v) is 4.48. The summed E-state index contributed by atoms with van der Waals surface area (Å²) >= 11 is 3.14. The van der Waals surface area contributed by atoms with E-state index in [0.29, 0.717) is 17.6 Å². The van der Waals surface area contributed by atoms with Gasteiger partial charge in [-0.25, -0.2) is 4.39 Å². The number of halogens is 3. The van der Waals surface area contributed by atoms with E-state index in [4.69, 9.17) is 4.74 Å². The van der Waals surface area contributed by atoms with E-state index in [1.54, 1.807) is 6.07 Å². The van der Waals surface area contributed by atoms with Crippen molar-refractivity contribution in [2.45, 2.75) is 6.92 Å². The SMILES string of the molecule is CCNCCNC(=O)COc1ccc(Br)cc1F.Cl. The van der Waals surface area contributed by atoms with Gasteiger partial charge in [-0.3, -0.25) is 4.79 Å². The van der Waals surface area contributed by atoms with Gasteiger partial charge in [-0.15, -0.1) is 12.4 Å². The molecule has 1 rings (SSSR count). The minimum absolute atomic E-state index is 0. The van der Waals surface area contributed by atoms with Crippen LogP contribution in [0.3, 0.4) is 0 Å². The van der Waals surface area contributed by atoms with E-state index in [2.05, 4.69) is 26.6 Å². The maximum atomic E-state index is 13.4. The molecule has 2 N–H and O–H groups in total. The van der Waals surface area contributed by atoms with Gasteiger partial charge in [0, 0.05) is 17.6 Å². The Hall–Kier alpha value is -0.850. The predicted octanol–water partition coefficient (Wildman–Crippen LogP) is 2.11. The average molecular weight is 356 g/mol. The van der Waals surface area contributed by atoms with Crippen molar-refractivity contribution in [2.75, 3.05) is 26.2 Å². The van der Waals surface area contributed by atoms with Crippen LogP contribution in [0.4, 0.5) is 4.39 Å². The molecule has 0 radical (unpaired) electrons. The molecule has 19 heavy (non-hydrogen) atoms. The van der Waals surface area contributed by atoms with Crippen molar-refractivity contribution in [1.29, 1.82) is 0 Å². The topological polar surface area (TPSA) is 50.4 Å². The number of amides is 1. The third-order valence-corrected chi connectivity index (χ3v) is 2.62. The molecule has 1 aromatic rings. The molecule has 0 spiro atoms. The summed E-state index contributed by atoms with van der Waals surface area (Å²) in [4.78, 5) is 11.4. The van der Waals surface area contributed by atoms with Gasteiger partial charge in [0.15, 0.2) is 18.2 Å². The fourth-order valence-corrected chi connectivity index (χ4v) is 1.59. The van der Waals surface area contributed by atoms with Crippen LogP contribution in [0.2, 0.25) is 0 Å². The molecule has 0 aliphatic carbocycles. The molecular formula is C12H17BrClFN2O2. The number of hydrogen-bond donors (Lipinski definition) is 2.